The summed E-state index contributed by atoms with van der Waals surface area (Å²) in [7, 11) is 0. The number of amides is 1. The van der Waals surface area contributed by atoms with Gasteiger partial charge in [0.15, 0.2) is 5.13 Å². The fourth-order valence-electron chi connectivity index (χ4n) is 3.74. The van der Waals surface area contributed by atoms with Gasteiger partial charge in [0.1, 0.15) is 28.2 Å². The van der Waals surface area contributed by atoms with Crippen LogP contribution in [0.15, 0.2) is 35.1 Å². The fraction of sp³-hybridized carbons (Fsp3) is 0.364. The van der Waals surface area contributed by atoms with E-state index in [-0.39, 0.29) is 27.7 Å². The second kappa shape index (κ2) is 10.2. The lowest BCUT2D eigenvalue weighted by molar-refractivity contribution is -0.122. The highest BCUT2D eigenvalue weighted by Crippen LogP contribution is 2.30. The molecular weight excluding hydrogens is 450 g/mol. The minimum atomic E-state index is -0.966. The van der Waals surface area contributed by atoms with Crippen LogP contribution in [0.4, 0.5) is 19.7 Å². The zero-order valence-corrected chi connectivity index (χ0v) is 18.6. The van der Waals surface area contributed by atoms with E-state index in [9.17, 15) is 18.4 Å². The minimum Gasteiger partial charge on any atom is -0.382 e. The standard InChI is InChI=1S/C22H24F2N6O2S/c23-14-4-3-5-15(24)17(14)18(31)19-20(25)29-22(33-19)28-16-7-6-13(12-27-16)21(32)26-8-11-30-9-1-2-10-30/h3-5,7,12-13H,1-2,6,8-11,25H2,(H,26,32)(H,28,29). The number of ketones is 1. The van der Waals surface area contributed by atoms with E-state index in [1.807, 2.05) is 0 Å². The normalized spacial score (nSPS) is 18.2. The summed E-state index contributed by atoms with van der Waals surface area (Å²) in [6.07, 6.45) is 6.19. The number of nitrogen functional groups attached to an aromatic ring is 1. The van der Waals surface area contributed by atoms with Crippen molar-refractivity contribution < 1.29 is 18.4 Å². The zero-order valence-electron chi connectivity index (χ0n) is 17.8. The lowest BCUT2D eigenvalue weighted by Gasteiger charge is -2.18. The molecule has 1 fully saturated rings. The Hall–Kier alpha value is -3.18. The van der Waals surface area contributed by atoms with Gasteiger partial charge in [-0.25, -0.2) is 18.8 Å². The number of carbonyl (C=O) groups is 2. The van der Waals surface area contributed by atoms with Crippen LogP contribution in [0.2, 0.25) is 0 Å². The molecule has 4 N–H and O–H groups in total. The number of rotatable bonds is 8. The Labute approximate surface area is 193 Å². The Bertz CT molecular complexity index is 1090. The molecular formula is C22H24F2N6O2S. The maximum atomic E-state index is 14.0. The first-order valence-electron chi connectivity index (χ1n) is 10.7. The van der Waals surface area contributed by atoms with Crippen molar-refractivity contribution in [1.82, 2.24) is 15.2 Å². The predicted molar refractivity (Wildman–Crippen MR) is 123 cm³/mol. The minimum absolute atomic E-state index is 0.0721. The van der Waals surface area contributed by atoms with E-state index in [1.165, 1.54) is 18.9 Å². The lowest BCUT2D eigenvalue weighted by Crippen LogP contribution is -2.37. The number of nitrogens with two attached hydrogens (primary N) is 1. The molecule has 33 heavy (non-hydrogen) atoms. The van der Waals surface area contributed by atoms with Gasteiger partial charge in [0, 0.05) is 19.3 Å². The maximum Gasteiger partial charge on any atom is 0.228 e. The monoisotopic (exact) mass is 474 g/mol. The molecule has 1 atom stereocenters. The third kappa shape index (κ3) is 5.42. The molecule has 8 nitrogen and oxygen atoms in total. The molecule has 174 valence electrons. The van der Waals surface area contributed by atoms with Crippen LogP contribution in [-0.2, 0) is 4.79 Å². The van der Waals surface area contributed by atoms with Gasteiger partial charge in [0.05, 0.1) is 11.5 Å². The number of carbonyl (C=O) groups excluding carboxylic acids is 2. The number of thiazole rings is 1. The summed E-state index contributed by atoms with van der Waals surface area (Å²) in [5.41, 5.74) is 5.14. The summed E-state index contributed by atoms with van der Waals surface area (Å²) < 4.78 is 27.9. The van der Waals surface area contributed by atoms with Crippen LogP contribution in [-0.4, -0.2) is 54.0 Å². The lowest BCUT2D eigenvalue weighted by atomic mass is 10.0. The molecule has 0 aliphatic carbocycles. The van der Waals surface area contributed by atoms with Gasteiger partial charge in [-0.3, -0.25) is 9.59 Å². The number of likely N-dealkylation sites (tertiary alicyclic amines) is 1. The number of aromatic nitrogens is 1. The highest BCUT2D eigenvalue weighted by Gasteiger charge is 2.25. The molecule has 2 aromatic rings. The van der Waals surface area contributed by atoms with E-state index in [2.05, 4.69) is 25.5 Å². The van der Waals surface area contributed by atoms with Crippen LogP contribution in [0, 0.1) is 17.6 Å². The molecule has 0 spiro atoms. The first-order chi connectivity index (χ1) is 15.9. The topological polar surface area (TPSA) is 113 Å². The van der Waals surface area contributed by atoms with E-state index in [0.29, 0.717) is 18.8 Å². The number of aliphatic imine (C=N–C) groups is 1. The van der Waals surface area contributed by atoms with Crippen LogP contribution in [0.3, 0.4) is 0 Å². The van der Waals surface area contributed by atoms with Crippen molar-refractivity contribution in [2.45, 2.75) is 19.3 Å². The van der Waals surface area contributed by atoms with Crippen LogP contribution in [0.5, 0.6) is 0 Å². The van der Waals surface area contributed by atoms with Crippen molar-refractivity contribution in [3.63, 3.8) is 0 Å². The van der Waals surface area contributed by atoms with Gasteiger partial charge >= 0.3 is 0 Å². The predicted octanol–water partition coefficient (Wildman–Crippen LogP) is 2.79. The molecule has 1 unspecified atom stereocenters. The second-order valence-electron chi connectivity index (χ2n) is 7.83. The van der Waals surface area contributed by atoms with Crippen LogP contribution >= 0.6 is 11.3 Å². The number of nitrogens with one attached hydrogen (secondary N) is 2. The number of benzene rings is 1. The average Bonchev–Trinajstić information content (AvgIpc) is 3.43. The second-order valence-corrected chi connectivity index (χ2v) is 8.83. The molecule has 3 heterocycles. The van der Waals surface area contributed by atoms with Gasteiger partial charge in [-0.2, -0.15) is 0 Å². The number of anilines is 2. The van der Waals surface area contributed by atoms with Crippen molar-refractivity contribution in [2.75, 3.05) is 37.2 Å². The van der Waals surface area contributed by atoms with Gasteiger partial charge in [-0.1, -0.05) is 17.4 Å². The summed E-state index contributed by atoms with van der Waals surface area (Å²) in [6, 6.07) is 3.19. The van der Waals surface area contributed by atoms with Crippen molar-refractivity contribution in [2.24, 2.45) is 10.9 Å². The van der Waals surface area contributed by atoms with E-state index in [4.69, 9.17) is 5.73 Å². The largest absolute Gasteiger partial charge is 0.382 e. The van der Waals surface area contributed by atoms with E-state index in [1.54, 1.807) is 12.3 Å². The van der Waals surface area contributed by atoms with Crippen molar-refractivity contribution in [3.8, 4) is 0 Å². The fourth-order valence-corrected chi connectivity index (χ4v) is 4.58. The van der Waals surface area contributed by atoms with Gasteiger partial charge in [-0.15, -0.1) is 0 Å². The summed E-state index contributed by atoms with van der Waals surface area (Å²) in [5.74, 6) is -2.94. The summed E-state index contributed by atoms with van der Waals surface area (Å²) in [6.45, 7) is 3.63. The Morgan fingerprint density at radius 1 is 1.21 bits per heavy atom. The van der Waals surface area contributed by atoms with Crippen LogP contribution < -0.4 is 16.4 Å². The number of halogens is 2. The molecule has 1 amide bonds. The van der Waals surface area contributed by atoms with E-state index >= 15 is 0 Å². The molecule has 1 saturated heterocycles. The number of nitrogens with zero attached hydrogens (tertiary/aromatic N) is 3. The third-order valence-corrected chi connectivity index (χ3v) is 6.49. The molecule has 0 saturated carbocycles. The number of hydrogen-bond acceptors (Lipinski definition) is 8. The first kappa shape index (κ1) is 23.0. The molecule has 1 aromatic carbocycles. The molecule has 2 aliphatic rings. The van der Waals surface area contributed by atoms with E-state index < -0.39 is 23.0 Å². The average molecular weight is 475 g/mol. The van der Waals surface area contributed by atoms with E-state index in [0.717, 1.165) is 43.1 Å². The van der Waals surface area contributed by atoms with Gasteiger partial charge in [-0.05, 0) is 50.6 Å². The number of allylic oxidation sites excluding steroid dienone is 1. The van der Waals surface area contributed by atoms with Gasteiger partial charge in [0.2, 0.25) is 11.7 Å². The van der Waals surface area contributed by atoms with Crippen molar-refractivity contribution in [3.05, 3.63) is 52.2 Å². The quantitative estimate of drug-likeness (QED) is 0.507. The Morgan fingerprint density at radius 2 is 1.94 bits per heavy atom. The summed E-state index contributed by atoms with van der Waals surface area (Å²) >= 11 is 0.875. The number of hydrogen-bond donors (Lipinski definition) is 3. The third-order valence-electron chi connectivity index (χ3n) is 5.51. The maximum absolute atomic E-state index is 14.0. The van der Waals surface area contributed by atoms with Gasteiger partial charge < -0.3 is 21.3 Å². The summed E-state index contributed by atoms with van der Waals surface area (Å²) in [4.78, 5) is 35.5. The van der Waals surface area contributed by atoms with Crippen LogP contribution in [0.1, 0.15) is 34.5 Å². The molecule has 0 bridgehead atoms. The molecule has 4 rings (SSSR count). The van der Waals surface area contributed by atoms with Crippen molar-refractivity contribution in [1.29, 1.82) is 0 Å². The highest BCUT2D eigenvalue weighted by molar-refractivity contribution is 7.18. The SMILES string of the molecule is Nc1nc(NC2=CCC(C(=O)NCCN3CCCC3)C=N2)sc1C(=O)c1c(F)cccc1F. The zero-order chi connectivity index (χ0) is 23.4. The van der Waals surface area contributed by atoms with Crippen molar-refractivity contribution >= 4 is 40.2 Å². The molecule has 11 heteroatoms. The molecule has 2 aliphatic heterocycles. The highest BCUT2D eigenvalue weighted by atomic mass is 32.1. The Kier molecular flexibility index (Phi) is 7.09. The first-order valence-corrected chi connectivity index (χ1v) is 11.5. The summed E-state index contributed by atoms with van der Waals surface area (Å²) in [5, 5.41) is 6.13. The Balaban J connectivity index is 1.33. The molecule has 0 radical (unpaired) electrons. The smallest absolute Gasteiger partial charge is 0.228 e. The van der Waals surface area contributed by atoms with Gasteiger partial charge in [0.25, 0.3) is 0 Å². The van der Waals surface area contributed by atoms with Crippen LogP contribution in [0.25, 0.3) is 0 Å². The Morgan fingerprint density at radius 3 is 2.61 bits per heavy atom. The molecule has 1 aromatic heterocycles.